The van der Waals surface area contributed by atoms with Gasteiger partial charge in [0.15, 0.2) is 0 Å². The molecule has 0 bridgehead atoms. The molecule has 1 nitrogen and oxygen atoms in total. The first-order valence-corrected chi connectivity index (χ1v) is 7.34. The van der Waals surface area contributed by atoms with Crippen LogP contribution in [0, 0.1) is 11.6 Å². The molecule has 0 aliphatic rings. The molecule has 2 aromatic rings. The van der Waals surface area contributed by atoms with Gasteiger partial charge in [-0.2, -0.15) is 0 Å². The molecule has 0 saturated heterocycles. The minimum atomic E-state index is -0.633. The summed E-state index contributed by atoms with van der Waals surface area (Å²) >= 11 is 9.23. The van der Waals surface area contributed by atoms with Crippen LogP contribution < -0.4 is 5.32 Å². The second-order valence-electron chi connectivity index (χ2n) is 4.27. The average molecular weight is 361 g/mol. The summed E-state index contributed by atoms with van der Waals surface area (Å²) in [6.07, 6.45) is 0. The monoisotopic (exact) mass is 359 g/mol. The Morgan fingerprint density at radius 1 is 1.20 bits per heavy atom. The third-order valence-corrected chi connectivity index (χ3v) is 3.93. The molecule has 5 heteroatoms. The maximum atomic E-state index is 14.3. The van der Waals surface area contributed by atoms with E-state index >= 15 is 0 Å². The molecule has 1 N–H and O–H groups in total. The highest BCUT2D eigenvalue weighted by molar-refractivity contribution is 9.10. The lowest BCUT2D eigenvalue weighted by molar-refractivity contribution is 0.528. The fourth-order valence-corrected chi connectivity index (χ4v) is 2.76. The van der Waals surface area contributed by atoms with E-state index in [1.165, 1.54) is 12.1 Å². The summed E-state index contributed by atoms with van der Waals surface area (Å²) in [5.41, 5.74) is 0.612. The minimum Gasteiger partial charge on any atom is -0.306 e. The van der Waals surface area contributed by atoms with Crippen molar-refractivity contribution >= 4 is 27.5 Å². The topological polar surface area (TPSA) is 12.0 Å². The lowest BCUT2D eigenvalue weighted by Crippen LogP contribution is -2.24. The minimum absolute atomic E-state index is 0.257. The third kappa shape index (κ3) is 3.03. The molecule has 0 saturated carbocycles. The quantitative estimate of drug-likeness (QED) is 0.802. The van der Waals surface area contributed by atoms with Crippen LogP contribution >= 0.6 is 27.5 Å². The molecule has 0 aliphatic carbocycles. The number of nitrogens with one attached hydrogen (secondary N) is 1. The maximum absolute atomic E-state index is 14.3. The van der Waals surface area contributed by atoms with Crippen LogP contribution in [-0.2, 0) is 0 Å². The summed E-state index contributed by atoms with van der Waals surface area (Å²) in [4.78, 5) is 0. The van der Waals surface area contributed by atoms with Gasteiger partial charge in [0.25, 0.3) is 0 Å². The molecule has 0 aliphatic heterocycles. The summed E-state index contributed by atoms with van der Waals surface area (Å²) in [7, 11) is 0. The standard InChI is InChI=1S/C15H13BrClF2N/c1-2-20-15(9-5-3-6-10(16)14(9)19)13-11(17)7-4-8-12(13)18/h3-8,15,20H,2H2,1H3. The van der Waals surface area contributed by atoms with Crippen molar-refractivity contribution in [2.45, 2.75) is 13.0 Å². The maximum Gasteiger partial charge on any atom is 0.142 e. The van der Waals surface area contributed by atoms with Gasteiger partial charge < -0.3 is 5.32 Å². The highest BCUT2D eigenvalue weighted by Crippen LogP contribution is 2.33. The summed E-state index contributed by atoms with van der Waals surface area (Å²) < 4.78 is 28.7. The molecule has 0 aromatic heterocycles. The average Bonchev–Trinajstić information content (AvgIpc) is 2.41. The second-order valence-corrected chi connectivity index (χ2v) is 5.53. The second kappa shape index (κ2) is 6.66. The molecule has 0 heterocycles. The number of rotatable bonds is 4. The summed E-state index contributed by atoms with van der Waals surface area (Å²) in [6, 6.07) is 8.75. The van der Waals surface area contributed by atoms with Crippen LogP contribution in [-0.4, -0.2) is 6.54 Å². The Balaban J connectivity index is 2.60. The SMILES string of the molecule is CCNC(c1cccc(Br)c1F)c1c(F)cccc1Cl. The Morgan fingerprint density at radius 2 is 1.90 bits per heavy atom. The third-order valence-electron chi connectivity index (χ3n) is 2.99. The zero-order valence-electron chi connectivity index (χ0n) is 10.8. The normalized spacial score (nSPS) is 12.4. The summed E-state index contributed by atoms with van der Waals surface area (Å²) in [6.45, 7) is 2.43. The van der Waals surface area contributed by atoms with Crippen molar-refractivity contribution in [3.8, 4) is 0 Å². The van der Waals surface area contributed by atoms with E-state index < -0.39 is 17.7 Å². The van der Waals surface area contributed by atoms with Crippen LogP contribution in [0.2, 0.25) is 5.02 Å². The smallest absolute Gasteiger partial charge is 0.142 e. The Morgan fingerprint density at radius 3 is 2.55 bits per heavy atom. The molecule has 0 radical (unpaired) electrons. The van der Waals surface area contributed by atoms with Gasteiger partial charge in [-0.15, -0.1) is 0 Å². The van der Waals surface area contributed by atoms with Crippen molar-refractivity contribution in [1.82, 2.24) is 5.32 Å². The van der Waals surface area contributed by atoms with E-state index in [1.807, 2.05) is 6.92 Å². The first kappa shape index (κ1) is 15.4. The van der Waals surface area contributed by atoms with Crippen LogP contribution in [0.1, 0.15) is 24.1 Å². The zero-order valence-corrected chi connectivity index (χ0v) is 13.1. The predicted molar refractivity (Wildman–Crippen MR) is 81.0 cm³/mol. The number of benzene rings is 2. The van der Waals surface area contributed by atoms with Crippen LogP contribution in [0.5, 0.6) is 0 Å². The van der Waals surface area contributed by atoms with Crippen molar-refractivity contribution < 1.29 is 8.78 Å². The molecule has 106 valence electrons. The van der Waals surface area contributed by atoms with E-state index in [4.69, 9.17) is 11.6 Å². The van der Waals surface area contributed by atoms with E-state index in [0.29, 0.717) is 16.6 Å². The fourth-order valence-electron chi connectivity index (χ4n) is 2.10. The van der Waals surface area contributed by atoms with Gasteiger partial charge in [-0.3, -0.25) is 0 Å². The van der Waals surface area contributed by atoms with Gasteiger partial charge in [-0.1, -0.05) is 36.7 Å². The summed E-state index contributed by atoms with van der Waals surface area (Å²) in [5.74, 6) is -0.874. The first-order chi connectivity index (χ1) is 9.56. The molecule has 2 rings (SSSR count). The van der Waals surface area contributed by atoms with Crippen molar-refractivity contribution in [1.29, 1.82) is 0 Å². The van der Waals surface area contributed by atoms with Gasteiger partial charge >= 0.3 is 0 Å². The Bertz CT molecular complexity index is 599. The zero-order chi connectivity index (χ0) is 14.7. The molecule has 1 atom stereocenters. The molecular weight excluding hydrogens is 348 g/mol. The van der Waals surface area contributed by atoms with Gasteiger partial charge in [0.1, 0.15) is 11.6 Å². The van der Waals surface area contributed by atoms with E-state index in [0.717, 1.165) is 0 Å². The van der Waals surface area contributed by atoms with Crippen molar-refractivity contribution in [2.75, 3.05) is 6.54 Å². The molecular formula is C15H13BrClF2N. The van der Waals surface area contributed by atoms with E-state index in [9.17, 15) is 8.78 Å². The molecule has 0 fully saturated rings. The van der Waals surface area contributed by atoms with Crippen molar-refractivity contribution in [2.24, 2.45) is 0 Å². The summed E-state index contributed by atoms with van der Waals surface area (Å²) in [5, 5.41) is 3.35. The number of halogens is 4. The van der Waals surface area contributed by atoms with E-state index in [1.54, 1.807) is 24.3 Å². The van der Waals surface area contributed by atoms with Crippen LogP contribution in [0.15, 0.2) is 40.9 Å². The number of hydrogen-bond donors (Lipinski definition) is 1. The predicted octanol–water partition coefficient (Wildman–Crippen LogP) is 5.08. The highest BCUT2D eigenvalue weighted by atomic mass is 79.9. The number of hydrogen-bond acceptors (Lipinski definition) is 1. The van der Waals surface area contributed by atoms with Gasteiger partial charge in [-0.25, -0.2) is 8.78 Å². The highest BCUT2D eigenvalue weighted by Gasteiger charge is 2.23. The molecule has 2 aromatic carbocycles. The van der Waals surface area contributed by atoms with Gasteiger partial charge in [0.2, 0.25) is 0 Å². The Kier molecular flexibility index (Phi) is 5.13. The lowest BCUT2D eigenvalue weighted by Gasteiger charge is -2.21. The van der Waals surface area contributed by atoms with Crippen LogP contribution in [0.3, 0.4) is 0 Å². The Labute approximate surface area is 130 Å². The molecule has 0 amide bonds. The molecule has 20 heavy (non-hydrogen) atoms. The van der Waals surface area contributed by atoms with Crippen molar-refractivity contribution in [3.05, 3.63) is 68.7 Å². The molecule has 1 unspecified atom stereocenters. The largest absolute Gasteiger partial charge is 0.306 e. The van der Waals surface area contributed by atoms with E-state index in [2.05, 4.69) is 21.2 Å². The Hall–Kier alpha value is -0.970. The van der Waals surface area contributed by atoms with Crippen molar-refractivity contribution in [3.63, 3.8) is 0 Å². The van der Waals surface area contributed by atoms with Gasteiger partial charge in [0.05, 0.1) is 10.5 Å². The molecule has 0 spiro atoms. The van der Waals surface area contributed by atoms with Crippen LogP contribution in [0.25, 0.3) is 0 Å². The van der Waals surface area contributed by atoms with Gasteiger partial charge in [0, 0.05) is 16.1 Å². The van der Waals surface area contributed by atoms with E-state index in [-0.39, 0.29) is 10.6 Å². The van der Waals surface area contributed by atoms with Crippen LogP contribution in [0.4, 0.5) is 8.78 Å². The lowest BCUT2D eigenvalue weighted by atomic mass is 9.97. The first-order valence-electron chi connectivity index (χ1n) is 6.17. The fraction of sp³-hybridized carbons (Fsp3) is 0.200. The van der Waals surface area contributed by atoms with Gasteiger partial charge in [-0.05, 0) is 40.7 Å².